The first-order valence-electron chi connectivity index (χ1n) is 7.80. The number of hydrogen-bond acceptors (Lipinski definition) is 3. The lowest BCUT2D eigenvalue weighted by atomic mass is 10.1. The fourth-order valence-corrected chi connectivity index (χ4v) is 2.34. The Kier molecular flexibility index (Phi) is 6.51. The molecule has 0 spiro atoms. The molecule has 5 nitrogen and oxygen atoms in total. The summed E-state index contributed by atoms with van der Waals surface area (Å²) in [6.07, 6.45) is 0. The lowest BCUT2D eigenvalue weighted by Gasteiger charge is -2.23. The zero-order valence-corrected chi connectivity index (χ0v) is 14.0. The van der Waals surface area contributed by atoms with Crippen molar-refractivity contribution in [3.63, 3.8) is 0 Å². The summed E-state index contributed by atoms with van der Waals surface area (Å²) >= 11 is 0. The minimum atomic E-state index is -0.139. The third-order valence-electron chi connectivity index (χ3n) is 3.52. The van der Waals surface area contributed by atoms with Crippen LogP contribution in [-0.2, 0) is 16.1 Å². The van der Waals surface area contributed by atoms with Crippen LogP contribution < -0.4 is 5.32 Å². The molecular weight excluding hydrogens is 304 g/mol. The van der Waals surface area contributed by atoms with Gasteiger partial charge in [0.2, 0.25) is 5.91 Å². The van der Waals surface area contributed by atoms with Gasteiger partial charge >= 0.3 is 0 Å². The molecular formula is C19H22N2O3. The lowest BCUT2D eigenvalue weighted by Crippen LogP contribution is -2.33. The molecule has 0 aliphatic heterocycles. The third kappa shape index (κ3) is 5.21. The number of amides is 2. The Balaban J connectivity index is 2.12. The summed E-state index contributed by atoms with van der Waals surface area (Å²) in [6, 6.07) is 16.7. The number of anilines is 1. The fourth-order valence-electron chi connectivity index (χ4n) is 2.34. The summed E-state index contributed by atoms with van der Waals surface area (Å²) in [5, 5.41) is 2.69. The predicted octanol–water partition coefficient (Wildman–Crippen LogP) is 2.93. The molecule has 0 unspecified atom stereocenters. The average Bonchev–Trinajstić information content (AvgIpc) is 2.59. The SMILES string of the molecule is COCCN(Cc1ccccc1)C(=O)c1ccc(NC(C)=O)cc1. The number of benzene rings is 2. The molecule has 0 aromatic heterocycles. The molecule has 0 saturated heterocycles. The summed E-state index contributed by atoms with van der Waals surface area (Å²) < 4.78 is 5.12. The number of carbonyl (C=O) groups is 2. The van der Waals surface area contributed by atoms with E-state index in [2.05, 4.69) is 5.32 Å². The first-order chi connectivity index (χ1) is 11.6. The Hall–Kier alpha value is -2.66. The second-order valence-electron chi connectivity index (χ2n) is 5.46. The molecule has 1 N–H and O–H groups in total. The lowest BCUT2D eigenvalue weighted by molar-refractivity contribution is -0.114. The van der Waals surface area contributed by atoms with E-state index in [-0.39, 0.29) is 11.8 Å². The molecule has 0 heterocycles. The van der Waals surface area contributed by atoms with Gasteiger partial charge in [-0.15, -0.1) is 0 Å². The van der Waals surface area contributed by atoms with Gasteiger partial charge in [0.25, 0.3) is 5.91 Å². The number of hydrogen-bond donors (Lipinski definition) is 1. The van der Waals surface area contributed by atoms with Crippen LogP contribution in [-0.4, -0.2) is 37.0 Å². The number of methoxy groups -OCH3 is 1. The van der Waals surface area contributed by atoms with Crippen molar-refractivity contribution >= 4 is 17.5 Å². The van der Waals surface area contributed by atoms with Crippen molar-refractivity contribution in [1.82, 2.24) is 4.90 Å². The van der Waals surface area contributed by atoms with Crippen LogP contribution in [0.4, 0.5) is 5.69 Å². The molecule has 2 rings (SSSR count). The Bertz CT molecular complexity index is 669. The van der Waals surface area contributed by atoms with E-state index >= 15 is 0 Å². The molecule has 0 bridgehead atoms. The minimum Gasteiger partial charge on any atom is -0.383 e. The van der Waals surface area contributed by atoms with Crippen molar-refractivity contribution in [3.8, 4) is 0 Å². The van der Waals surface area contributed by atoms with E-state index in [1.165, 1.54) is 6.92 Å². The quantitative estimate of drug-likeness (QED) is 0.851. The molecule has 126 valence electrons. The highest BCUT2D eigenvalue weighted by atomic mass is 16.5. The molecule has 24 heavy (non-hydrogen) atoms. The van der Waals surface area contributed by atoms with Crippen molar-refractivity contribution in [2.45, 2.75) is 13.5 Å². The molecule has 2 aromatic rings. The number of rotatable bonds is 7. The highest BCUT2D eigenvalue weighted by molar-refractivity contribution is 5.95. The van der Waals surface area contributed by atoms with Gasteiger partial charge in [0.05, 0.1) is 6.61 Å². The van der Waals surface area contributed by atoms with Gasteiger partial charge in [-0.1, -0.05) is 30.3 Å². The maximum atomic E-state index is 12.8. The molecule has 5 heteroatoms. The summed E-state index contributed by atoms with van der Waals surface area (Å²) in [7, 11) is 1.62. The standard InChI is InChI=1S/C19H22N2O3/c1-15(22)20-18-10-8-17(9-11-18)19(23)21(12-13-24-2)14-16-6-4-3-5-7-16/h3-11H,12-14H2,1-2H3,(H,20,22). The normalized spacial score (nSPS) is 10.2. The first-order valence-corrected chi connectivity index (χ1v) is 7.80. The first kappa shape index (κ1) is 17.7. The van der Waals surface area contributed by atoms with Gasteiger partial charge in [0.15, 0.2) is 0 Å². The van der Waals surface area contributed by atoms with Crippen LogP contribution in [0.3, 0.4) is 0 Å². The molecule has 0 fully saturated rings. The molecule has 2 amide bonds. The highest BCUT2D eigenvalue weighted by Crippen LogP contribution is 2.14. The van der Waals surface area contributed by atoms with E-state index in [1.807, 2.05) is 30.3 Å². The van der Waals surface area contributed by atoms with Gasteiger partial charge in [-0.25, -0.2) is 0 Å². The van der Waals surface area contributed by atoms with E-state index in [0.717, 1.165) is 5.56 Å². The molecule has 0 saturated carbocycles. The molecule has 0 aliphatic rings. The van der Waals surface area contributed by atoms with Crippen molar-refractivity contribution in [2.24, 2.45) is 0 Å². The molecule has 0 aliphatic carbocycles. The maximum Gasteiger partial charge on any atom is 0.254 e. The monoisotopic (exact) mass is 326 g/mol. The number of ether oxygens (including phenoxy) is 1. The molecule has 2 aromatic carbocycles. The van der Waals surface area contributed by atoms with Gasteiger partial charge in [-0.3, -0.25) is 9.59 Å². The van der Waals surface area contributed by atoms with Crippen LogP contribution in [0.1, 0.15) is 22.8 Å². The number of nitrogens with one attached hydrogen (secondary N) is 1. The number of carbonyl (C=O) groups excluding carboxylic acids is 2. The minimum absolute atomic E-state index is 0.0646. The zero-order valence-electron chi connectivity index (χ0n) is 14.0. The topological polar surface area (TPSA) is 58.6 Å². The Morgan fingerprint density at radius 3 is 2.29 bits per heavy atom. The summed E-state index contributed by atoms with van der Waals surface area (Å²) in [5.41, 5.74) is 2.32. The van der Waals surface area contributed by atoms with E-state index < -0.39 is 0 Å². The van der Waals surface area contributed by atoms with Gasteiger partial charge < -0.3 is 15.0 Å². The van der Waals surface area contributed by atoms with Crippen LogP contribution in [0.5, 0.6) is 0 Å². The third-order valence-corrected chi connectivity index (χ3v) is 3.52. The smallest absolute Gasteiger partial charge is 0.254 e. The van der Waals surface area contributed by atoms with Gasteiger partial charge in [-0.05, 0) is 29.8 Å². The van der Waals surface area contributed by atoms with Crippen molar-refractivity contribution in [3.05, 3.63) is 65.7 Å². The second-order valence-corrected chi connectivity index (χ2v) is 5.46. The Morgan fingerprint density at radius 2 is 1.71 bits per heavy atom. The van der Waals surface area contributed by atoms with Crippen LogP contribution in [0.15, 0.2) is 54.6 Å². The van der Waals surface area contributed by atoms with Crippen LogP contribution >= 0.6 is 0 Å². The van der Waals surface area contributed by atoms with Gasteiger partial charge in [0, 0.05) is 38.4 Å². The Morgan fingerprint density at radius 1 is 1.04 bits per heavy atom. The van der Waals surface area contributed by atoms with E-state index in [9.17, 15) is 9.59 Å². The Labute approximate surface area is 142 Å². The maximum absolute atomic E-state index is 12.8. The van der Waals surface area contributed by atoms with E-state index in [0.29, 0.717) is 30.9 Å². The fraction of sp³-hybridized carbons (Fsp3) is 0.263. The van der Waals surface area contributed by atoms with Crippen molar-refractivity contribution < 1.29 is 14.3 Å². The second kappa shape index (κ2) is 8.84. The summed E-state index contributed by atoms with van der Waals surface area (Å²) in [5.74, 6) is -0.204. The predicted molar refractivity (Wildman–Crippen MR) is 93.8 cm³/mol. The van der Waals surface area contributed by atoms with Gasteiger partial charge in [0.1, 0.15) is 0 Å². The average molecular weight is 326 g/mol. The highest BCUT2D eigenvalue weighted by Gasteiger charge is 2.16. The van der Waals surface area contributed by atoms with Crippen LogP contribution in [0.2, 0.25) is 0 Å². The van der Waals surface area contributed by atoms with Crippen LogP contribution in [0.25, 0.3) is 0 Å². The summed E-state index contributed by atoms with van der Waals surface area (Å²) in [6.45, 7) is 2.96. The van der Waals surface area contributed by atoms with Crippen LogP contribution in [0, 0.1) is 0 Å². The van der Waals surface area contributed by atoms with Gasteiger partial charge in [-0.2, -0.15) is 0 Å². The zero-order chi connectivity index (χ0) is 17.4. The number of nitrogens with zero attached hydrogens (tertiary/aromatic N) is 1. The molecule has 0 radical (unpaired) electrons. The van der Waals surface area contributed by atoms with Crippen molar-refractivity contribution in [2.75, 3.05) is 25.6 Å². The molecule has 0 atom stereocenters. The summed E-state index contributed by atoms with van der Waals surface area (Å²) in [4.78, 5) is 25.6. The van der Waals surface area contributed by atoms with E-state index in [4.69, 9.17) is 4.74 Å². The van der Waals surface area contributed by atoms with Crippen molar-refractivity contribution in [1.29, 1.82) is 0 Å². The largest absolute Gasteiger partial charge is 0.383 e. The van der Waals surface area contributed by atoms with E-state index in [1.54, 1.807) is 36.3 Å².